The molecule has 0 saturated heterocycles. The molecule has 28 heavy (non-hydrogen) atoms. The zero-order chi connectivity index (χ0) is 19.8. The van der Waals surface area contributed by atoms with E-state index in [0.29, 0.717) is 5.70 Å². The highest BCUT2D eigenvalue weighted by atomic mass is 35.5. The van der Waals surface area contributed by atoms with Crippen molar-refractivity contribution in [2.75, 3.05) is 0 Å². The molecule has 0 aliphatic carbocycles. The van der Waals surface area contributed by atoms with Crippen molar-refractivity contribution in [1.29, 1.82) is 0 Å². The summed E-state index contributed by atoms with van der Waals surface area (Å²) in [6, 6.07) is 10.3. The predicted molar refractivity (Wildman–Crippen MR) is 106 cm³/mol. The third-order valence-corrected chi connectivity index (χ3v) is 4.48. The van der Waals surface area contributed by atoms with Gasteiger partial charge in [-0.3, -0.25) is 15.2 Å². The molecule has 0 bridgehead atoms. The number of nitrogens with zero attached hydrogens (tertiary/aromatic N) is 3. The molecule has 4 rings (SSSR count). The molecule has 3 aromatic rings. The smallest absolute Gasteiger partial charge is 0.349 e. The normalized spacial score (nSPS) is 12.8. The van der Waals surface area contributed by atoms with E-state index < -0.39 is 11.2 Å². The third-order valence-electron chi connectivity index (χ3n) is 3.91. The molecule has 0 unspecified atom stereocenters. The van der Waals surface area contributed by atoms with Crippen LogP contribution in [0.15, 0.2) is 63.9 Å². The topological polar surface area (TPSA) is 101 Å². The number of ether oxygens (including phenoxy) is 1. The number of aromatic nitrogens is 3. The van der Waals surface area contributed by atoms with E-state index in [1.165, 1.54) is 12.1 Å². The van der Waals surface area contributed by atoms with E-state index >= 15 is 0 Å². The lowest BCUT2D eigenvalue weighted by Gasteiger charge is -2.20. The second kappa shape index (κ2) is 6.99. The molecule has 1 aliphatic rings. The zero-order valence-corrected chi connectivity index (χ0v) is 15.6. The Morgan fingerprint density at radius 3 is 2.43 bits per heavy atom. The van der Waals surface area contributed by atoms with Crippen LogP contribution in [0, 0.1) is 0 Å². The van der Waals surface area contributed by atoms with Gasteiger partial charge in [-0.2, -0.15) is 9.78 Å². The maximum atomic E-state index is 11.9. The lowest BCUT2D eigenvalue weighted by Crippen LogP contribution is -2.30. The van der Waals surface area contributed by atoms with Crippen molar-refractivity contribution in [3.8, 4) is 11.4 Å². The number of hydrogen-bond donors (Lipinski definition) is 2. The van der Waals surface area contributed by atoms with E-state index in [9.17, 15) is 9.59 Å². The van der Waals surface area contributed by atoms with Crippen LogP contribution in [0.5, 0.6) is 5.75 Å². The molecule has 2 heterocycles. The van der Waals surface area contributed by atoms with Gasteiger partial charge in [0.1, 0.15) is 6.20 Å². The summed E-state index contributed by atoms with van der Waals surface area (Å²) in [5.41, 5.74) is 3.92. The number of H-pyrrole nitrogens is 1. The largest absolute Gasteiger partial charge is 0.434 e. The van der Waals surface area contributed by atoms with Gasteiger partial charge in [0.05, 0.1) is 21.4 Å². The molecule has 0 fully saturated rings. The summed E-state index contributed by atoms with van der Waals surface area (Å²) in [6.07, 6.45) is 0.972. The zero-order valence-electron chi connectivity index (χ0n) is 14.1. The van der Waals surface area contributed by atoms with Crippen molar-refractivity contribution < 1.29 is 4.74 Å². The summed E-state index contributed by atoms with van der Waals surface area (Å²) in [7, 11) is 0. The molecule has 140 valence electrons. The predicted octanol–water partition coefficient (Wildman–Crippen LogP) is 2.54. The summed E-state index contributed by atoms with van der Waals surface area (Å²) in [5, 5.41) is 8.19. The van der Waals surface area contributed by atoms with Gasteiger partial charge in [0.25, 0.3) is 5.56 Å². The van der Waals surface area contributed by atoms with Gasteiger partial charge in [0.15, 0.2) is 5.75 Å². The van der Waals surface area contributed by atoms with E-state index in [1.54, 1.807) is 0 Å². The minimum atomic E-state index is -0.721. The number of aromatic amines is 1. The van der Waals surface area contributed by atoms with Crippen molar-refractivity contribution in [3.05, 3.63) is 91.2 Å². The van der Waals surface area contributed by atoms with Crippen LogP contribution in [-0.4, -0.2) is 20.7 Å². The first-order valence-electron chi connectivity index (χ1n) is 7.92. The second-order valence-electron chi connectivity index (χ2n) is 5.74. The van der Waals surface area contributed by atoms with Crippen molar-refractivity contribution in [3.63, 3.8) is 0 Å². The highest BCUT2D eigenvalue weighted by Gasteiger charge is 2.21. The molecular formula is C18H11Cl2N5O3. The molecule has 0 radical (unpaired) electrons. The third kappa shape index (κ3) is 3.19. The molecule has 2 N–H and O–H groups in total. The van der Waals surface area contributed by atoms with E-state index in [4.69, 9.17) is 27.9 Å². The Labute approximate surface area is 167 Å². The molecule has 1 aliphatic heterocycles. The van der Waals surface area contributed by atoms with Gasteiger partial charge in [-0.25, -0.2) is 4.79 Å². The van der Waals surface area contributed by atoms with Gasteiger partial charge in [-0.1, -0.05) is 48.0 Å². The number of rotatable bonds is 2. The maximum Gasteiger partial charge on any atom is 0.349 e. The van der Waals surface area contributed by atoms with Crippen LogP contribution in [0.2, 0.25) is 10.0 Å². The summed E-state index contributed by atoms with van der Waals surface area (Å²) >= 11 is 12.7. The Bertz CT molecular complexity index is 1240. The number of nitrogens with one attached hydrogen (secondary N) is 2. The number of fused-ring (bicyclic) bond motifs is 1. The highest BCUT2D eigenvalue weighted by molar-refractivity contribution is 6.37. The van der Waals surface area contributed by atoms with Crippen molar-refractivity contribution in [2.24, 2.45) is 5.10 Å². The Balaban J connectivity index is 1.73. The van der Waals surface area contributed by atoms with Crippen LogP contribution in [0.3, 0.4) is 0 Å². The van der Waals surface area contributed by atoms with Gasteiger partial charge < -0.3 is 4.74 Å². The lowest BCUT2D eigenvalue weighted by atomic mass is 10.0. The molecule has 0 saturated carbocycles. The van der Waals surface area contributed by atoms with Gasteiger partial charge >= 0.3 is 5.69 Å². The number of hydrogen-bond acceptors (Lipinski definition) is 6. The SMILES string of the molecule is C=C1NN=C(Oc2c(Cl)cc(-n3ncc(=O)[nH]c3=O)cc2Cl)c2ccccc21. The van der Waals surface area contributed by atoms with E-state index in [-0.39, 0.29) is 27.4 Å². The lowest BCUT2D eigenvalue weighted by molar-refractivity contribution is 0.543. The average molecular weight is 416 g/mol. The summed E-state index contributed by atoms with van der Waals surface area (Å²) in [4.78, 5) is 25.2. The Morgan fingerprint density at radius 2 is 1.75 bits per heavy atom. The minimum Gasteiger partial charge on any atom is -0.434 e. The maximum absolute atomic E-state index is 11.9. The number of benzene rings is 2. The number of hydrazone groups is 1. The van der Waals surface area contributed by atoms with Crippen LogP contribution in [0.1, 0.15) is 11.1 Å². The quantitative estimate of drug-likeness (QED) is 0.669. The Morgan fingerprint density at radius 1 is 1.07 bits per heavy atom. The fourth-order valence-corrected chi connectivity index (χ4v) is 3.20. The molecule has 0 amide bonds. The van der Waals surface area contributed by atoms with Crippen molar-refractivity contribution in [2.45, 2.75) is 0 Å². The van der Waals surface area contributed by atoms with Gasteiger partial charge in [-0.05, 0) is 18.2 Å². The van der Waals surface area contributed by atoms with E-state index in [2.05, 4.69) is 27.2 Å². The summed E-state index contributed by atoms with van der Waals surface area (Å²) in [5.74, 6) is 0.423. The molecule has 2 aromatic carbocycles. The average Bonchev–Trinajstić information content (AvgIpc) is 2.66. The van der Waals surface area contributed by atoms with Crippen LogP contribution in [-0.2, 0) is 0 Å². The second-order valence-corrected chi connectivity index (χ2v) is 6.56. The first-order valence-corrected chi connectivity index (χ1v) is 8.68. The van der Waals surface area contributed by atoms with Crippen LogP contribution in [0.25, 0.3) is 11.4 Å². The van der Waals surface area contributed by atoms with E-state index in [0.717, 1.165) is 22.0 Å². The Kier molecular flexibility index (Phi) is 4.50. The molecule has 0 spiro atoms. The standard InChI is InChI=1S/C18H11Cl2N5O3/c1-9-11-4-2-3-5-12(11)17(24-23-9)28-16-13(19)6-10(7-14(16)20)25-18(27)22-15(26)8-21-25/h2-8,23H,1H2,(H,22,26,27). The van der Waals surface area contributed by atoms with Gasteiger partial charge in [-0.15, -0.1) is 5.10 Å². The van der Waals surface area contributed by atoms with Crippen molar-refractivity contribution >= 4 is 34.8 Å². The summed E-state index contributed by atoms with van der Waals surface area (Å²) in [6.45, 7) is 3.90. The van der Waals surface area contributed by atoms with Gasteiger partial charge in [0.2, 0.25) is 5.90 Å². The molecular weight excluding hydrogens is 405 g/mol. The van der Waals surface area contributed by atoms with Gasteiger partial charge in [0, 0.05) is 11.1 Å². The fourth-order valence-electron chi connectivity index (χ4n) is 2.65. The first kappa shape index (κ1) is 18.0. The number of halogens is 2. The molecule has 1 aromatic heterocycles. The van der Waals surface area contributed by atoms with Crippen LogP contribution < -0.4 is 21.4 Å². The molecule has 10 heteroatoms. The van der Waals surface area contributed by atoms with E-state index in [1.807, 2.05) is 24.3 Å². The fraction of sp³-hybridized carbons (Fsp3) is 0. The minimum absolute atomic E-state index is 0.131. The first-order chi connectivity index (χ1) is 13.4. The molecule has 8 nitrogen and oxygen atoms in total. The Hall–Kier alpha value is -3.36. The summed E-state index contributed by atoms with van der Waals surface area (Å²) < 4.78 is 6.81. The van der Waals surface area contributed by atoms with Crippen LogP contribution in [0.4, 0.5) is 0 Å². The highest BCUT2D eigenvalue weighted by Crippen LogP contribution is 2.36. The van der Waals surface area contributed by atoms with Crippen LogP contribution >= 0.6 is 23.2 Å². The monoisotopic (exact) mass is 415 g/mol. The molecule has 0 atom stereocenters. The van der Waals surface area contributed by atoms with Crippen molar-refractivity contribution in [1.82, 2.24) is 20.2 Å².